The van der Waals surface area contributed by atoms with Crippen LogP contribution < -0.4 is 9.46 Å². The van der Waals surface area contributed by atoms with Crippen molar-refractivity contribution in [1.29, 1.82) is 0 Å². The third kappa shape index (κ3) is 5.07. The second kappa shape index (κ2) is 7.77. The molecular weight excluding hydrogens is 436 g/mol. The molecule has 1 saturated carbocycles. The van der Waals surface area contributed by atoms with E-state index in [0.29, 0.717) is 18.4 Å². The van der Waals surface area contributed by atoms with Gasteiger partial charge in [-0.2, -0.15) is 13.2 Å². The van der Waals surface area contributed by atoms with E-state index in [-0.39, 0.29) is 11.4 Å². The first-order valence-electron chi connectivity index (χ1n) is 8.84. The largest absolute Gasteiger partial charge is 0.573 e. The van der Waals surface area contributed by atoms with E-state index < -0.39 is 39.3 Å². The number of nitrogens with one attached hydrogen (secondary N) is 1. The van der Waals surface area contributed by atoms with Gasteiger partial charge in [-0.15, -0.1) is 13.2 Å². The molecule has 0 saturated heterocycles. The Hall–Kier alpha value is -2.27. The van der Waals surface area contributed by atoms with Gasteiger partial charge < -0.3 is 4.74 Å². The lowest BCUT2D eigenvalue weighted by molar-refractivity contribution is -0.274. The zero-order valence-electron chi connectivity index (χ0n) is 15.3. The number of sulfonamides is 1. The van der Waals surface area contributed by atoms with Crippen LogP contribution >= 0.6 is 0 Å². The Morgan fingerprint density at radius 2 is 1.60 bits per heavy atom. The van der Waals surface area contributed by atoms with Crippen LogP contribution in [0.4, 0.5) is 26.3 Å². The zero-order chi connectivity index (χ0) is 22.2. The number of rotatable bonds is 6. The molecule has 1 aliphatic carbocycles. The van der Waals surface area contributed by atoms with Gasteiger partial charge in [0.1, 0.15) is 5.75 Å². The predicted molar refractivity (Wildman–Crippen MR) is 95.3 cm³/mol. The summed E-state index contributed by atoms with van der Waals surface area (Å²) in [6.45, 7) is -0.128. The summed E-state index contributed by atoms with van der Waals surface area (Å²) in [5.74, 6) is -0.569. The van der Waals surface area contributed by atoms with Crippen LogP contribution in [0.1, 0.15) is 30.4 Å². The number of alkyl halides is 6. The highest BCUT2D eigenvalue weighted by molar-refractivity contribution is 7.89. The lowest BCUT2D eigenvalue weighted by atomic mass is 9.64. The average Bonchev–Trinajstić information content (AvgIpc) is 2.59. The van der Waals surface area contributed by atoms with Crippen LogP contribution in [-0.4, -0.2) is 21.3 Å². The van der Waals surface area contributed by atoms with E-state index in [1.807, 2.05) is 0 Å². The summed E-state index contributed by atoms with van der Waals surface area (Å²) in [7, 11) is -4.09. The standard InChI is InChI=1S/C19H17F6NO3S/c20-18(21,22)14-4-1-3-13(11-14)17(9-2-10-17)12-26-30(27,28)16-7-5-15(6-8-16)29-19(23,24)25/h1,3-8,11,26H,2,9-10,12H2. The molecule has 2 aromatic carbocycles. The first kappa shape index (κ1) is 22.4. The molecule has 4 nitrogen and oxygen atoms in total. The molecule has 0 aliphatic heterocycles. The molecule has 1 fully saturated rings. The van der Waals surface area contributed by atoms with Crippen molar-refractivity contribution in [3.63, 3.8) is 0 Å². The summed E-state index contributed by atoms with van der Waals surface area (Å²) in [5.41, 5.74) is -1.19. The van der Waals surface area contributed by atoms with E-state index in [0.717, 1.165) is 42.8 Å². The van der Waals surface area contributed by atoms with Gasteiger partial charge in [0.15, 0.2) is 0 Å². The molecule has 0 aromatic heterocycles. The molecule has 0 heterocycles. The van der Waals surface area contributed by atoms with Crippen molar-refractivity contribution in [1.82, 2.24) is 4.72 Å². The fraction of sp³-hybridized carbons (Fsp3) is 0.368. The average molecular weight is 453 g/mol. The maximum Gasteiger partial charge on any atom is 0.573 e. The third-order valence-corrected chi connectivity index (χ3v) is 6.50. The van der Waals surface area contributed by atoms with Crippen LogP contribution in [0.5, 0.6) is 5.75 Å². The third-order valence-electron chi connectivity index (χ3n) is 5.08. The van der Waals surface area contributed by atoms with Gasteiger partial charge in [0, 0.05) is 12.0 Å². The van der Waals surface area contributed by atoms with Crippen molar-refractivity contribution >= 4 is 10.0 Å². The van der Waals surface area contributed by atoms with Gasteiger partial charge in [-0.1, -0.05) is 24.6 Å². The van der Waals surface area contributed by atoms with Crippen molar-refractivity contribution < 1.29 is 39.5 Å². The molecule has 1 N–H and O–H groups in total. The monoisotopic (exact) mass is 453 g/mol. The minimum Gasteiger partial charge on any atom is -0.406 e. The van der Waals surface area contributed by atoms with Crippen molar-refractivity contribution in [2.24, 2.45) is 0 Å². The van der Waals surface area contributed by atoms with Crippen molar-refractivity contribution in [2.45, 2.75) is 42.1 Å². The molecule has 0 amide bonds. The summed E-state index contributed by atoms with van der Waals surface area (Å²) in [6.07, 6.45) is -7.66. The minimum absolute atomic E-state index is 0.128. The van der Waals surface area contributed by atoms with E-state index in [4.69, 9.17) is 0 Å². The number of halogens is 6. The van der Waals surface area contributed by atoms with Gasteiger partial charge >= 0.3 is 12.5 Å². The highest BCUT2D eigenvalue weighted by Crippen LogP contribution is 2.44. The van der Waals surface area contributed by atoms with Crippen molar-refractivity contribution in [3.05, 3.63) is 59.7 Å². The summed E-state index contributed by atoms with van der Waals surface area (Å²) >= 11 is 0. The number of hydrogen-bond donors (Lipinski definition) is 1. The lowest BCUT2D eigenvalue weighted by Gasteiger charge is -2.42. The lowest BCUT2D eigenvalue weighted by Crippen LogP contribution is -2.45. The van der Waals surface area contributed by atoms with Crippen molar-refractivity contribution in [2.75, 3.05) is 6.54 Å². The number of benzene rings is 2. The highest BCUT2D eigenvalue weighted by atomic mass is 32.2. The molecule has 30 heavy (non-hydrogen) atoms. The molecule has 2 aromatic rings. The zero-order valence-corrected chi connectivity index (χ0v) is 16.2. The molecule has 0 bridgehead atoms. The van der Waals surface area contributed by atoms with E-state index >= 15 is 0 Å². The molecule has 11 heteroatoms. The molecule has 164 valence electrons. The molecule has 0 atom stereocenters. The van der Waals surface area contributed by atoms with Gasteiger partial charge in [0.05, 0.1) is 10.5 Å². The van der Waals surface area contributed by atoms with Crippen LogP contribution in [0.15, 0.2) is 53.4 Å². The fourth-order valence-electron chi connectivity index (χ4n) is 3.33. The van der Waals surface area contributed by atoms with E-state index in [9.17, 15) is 34.8 Å². The maximum atomic E-state index is 13.0. The van der Waals surface area contributed by atoms with Crippen molar-refractivity contribution in [3.8, 4) is 5.75 Å². The van der Waals surface area contributed by atoms with E-state index in [1.54, 1.807) is 0 Å². The molecule has 0 unspecified atom stereocenters. The second-order valence-electron chi connectivity index (χ2n) is 7.06. The van der Waals surface area contributed by atoms with Crippen LogP contribution in [0, 0.1) is 0 Å². The van der Waals surface area contributed by atoms with Crippen LogP contribution in [0.25, 0.3) is 0 Å². The number of hydrogen-bond acceptors (Lipinski definition) is 3. The van der Waals surface area contributed by atoms with Gasteiger partial charge in [0.2, 0.25) is 10.0 Å². The molecular formula is C19H17F6NO3S. The van der Waals surface area contributed by atoms with Gasteiger partial charge in [0.25, 0.3) is 0 Å². The predicted octanol–water partition coefficient (Wildman–Crippen LogP) is 5.00. The van der Waals surface area contributed by atoms with Gasteiger partial charge in [-0.05, 0) is 48.7 Å². The van der Waals surface area contributed by atoms with Gasteiger partial charge in [-0.3, -0.25) is 0 Å². The second-order valence-corrected chi connectivity index (χ2v) is 8.82. The summed E-state index contributed by atoms with van der Waals surface area (Å²) in [5, 5.41) is 0. The molecule has 0 radical (unpaired) electrons. The quantitative estimate of drug-likeness (QED) is 0.626. The Morgan fingerprint density at radius 3 is 2.10 bits per heavy atom. The Kier molecular flexibility index (Phi) is 5.80. The Labute approximate surface area is 168 Å². The number of ether oxygens (including phenoxy) is 1. The maximum absolute atomic E-state index is 13.0. The van der Waals surface area contributed by atoms with Crippen LogP contribution in [0.2, 0.25) is 0 Å². The summed E-state index contributed by atoms with van der Waals surface area (Å²) < 4.78 is 107. The molecule has 0 spiro atoms. The Bertz CT molecular complexity index is 996. The Balaban J connectivity index is 1.76. The normalized spacial score (nSPS) is 16.7. The SMILES string of the molecule is O=S(=O)(NCC1(c2cccc(C(F)(F)F)c2)CCC1)c1ccc(OC(F)(F)F)cc1. The first-order valence-corrected chi connectivity index (χ1v) is 10.3. The highest BCUT2D eigenvalue weighted by Gasteiger charge is 2.41. The van der Waals surface area contributed by atoms with Crippen LogP contribution in [0.3, 0.4) is 0 Å². The Morgan fingerprint density at radius 1 is 0.967 bits per heavy atom. The molecule has 3 rings (SSSR count). The summed E-state index contributed by atoms with van der Waals surface area (Å²) in [6, 6.07) is 8.45. The topological polar surface area (TPSA) is 55.4 Å². The van der Waals surface area contributed by atoms with Gasteiger partial charge in [-0.25, -0.2) is 13.1 Å². The van der Waals surface area contributed by atoms with E-state index in [1.165, 1.54) is 12.1 Å². The van der Waals surface area contributed by atoms with Crippen LogP contribution in [-0.2, 0) is 21.6 Å². The van der Waals surface area contributed by atoms with E-state index in [2.05, 4.69) is 9.46 Å². The minimum atomic E-state index is -4.90. The summed E-state index contributed by atoms with van der Waals surface area (Å²) in [4.78, 5) is -0.282. The molecule has 1 aliphatic rings. The first-order chi connectivity index (χ1) is 13.8. The smallest absolute Gasteiger partial charge is 0.406 e. The fourth-order valence-corrected chi connectivity index (χ4v) is 4.46.